The number of aromatic hydroxyl groups is 2. The van der Waals surface area contributed by atoms with Gasteiger partial charge in [-0.3, -0.25) is 0 Å². The van der Waals surface area contributed by atoms with Gasteiger partial charge >= 0.3 is 0 Å². The van der Waals surface area contributed by atoms with Crippen LogP contribution in [0.1, 0.15) is 54.0 Å². The number of aryl methyl sites for hydroxylation is 5. The number of hydrogen-bond donors (Lipinski definition) is 2. The summed E-state index contributed by atoms with van der Waals surface area (Å²) in [4.78, 5) is 0. The lowest BCUT2D eigenvalue weighted by molar-refractivity contribution is 0.353. The highest BCUT2D eigenvalue weighted by Gasteiger charge is 2.19. The molecule has 0 spiro atoms. The predicted octanol–water partition coefficient (Wildman–Crippen LogP) is 8.14. The van der Waals surface area contributed by atoms with Crippen LogP contribution in [0.5, 0.6) is 23.0 Å². The molecule has 0 saturated carbocycles. The molecule has 0 saturated heterocycles. The molecule has 0 aliphatic carbocycles. The first-order valence-electron chi connectivity index (χ1n) is 12.5. The number of ether oxygens (including phenoxy) is 2. The standard InChI is InChI=1S/C11H11FO.C10H9FO2.C10H13FO/c1-7-5-9-4-3-8(2)13-11(9)10(12)6-7;1-6-2-3-7-4-8(12)5-9(11)10(7)13-6;1-3-4-8-5-7(2)6-9(11)10(8)12/h5-6H,2-4H2,1H3;4-5,12H,1-3H2;5-6,12H,3-4H2,1-2H3. The summed E-state index contributed by atoms with van der Waals surface area (Å²) in [5.74, 6) is 0.197. The molecule has 2 aliphatic rings. The van der Waals surface area contributed by atoms with Crippen LogP contribution in [-0.2, 0) is 19.3 Å². The molecular formula is C31H33F3O4. The Hall–Kier alpha value is -3.87. The van der Waals surface area contributed by atoms with E-state index >= 15 is 0 Å². The van der Waals surface area contributed by atoms with Crippen molar-refractivity contribution in [3.8, 4) is 23.0 Å². The monoisotopic (exact) mass is 526 g/mol. The van der Waals surface area contributed by atoms with Crippen LogP contribution < -0.4 is 9.47 Å². The number of rotatable bonds is 2. The number of benzene rings is 3. The molecule has 2 heterocycles. The third-order valence-electron chi connectivity index (χ3n) is 6.02. The van der Waals surface area contributed by atoms with E-state index in [0.717, 1.165) is 48.4 Å². The molecule has 202 valence electrons. The molecule has 0 bridgehead atoms. The molecule has 0 unspecified atom stereocenters. The van der Waals surface area contributed by atoms with Crippen LogP contribution in [0.25, 0.3) is 0 Å². The van der Waals surface area contributed by atoms with Crippen LogP contribution in [0.15, 0.2) is 61.1 Å². The van der Waals surface area contributed by atoms with Gasteiger partial charge in [-0.2, -0.15) is 0 Å². The van der Waals surface area contributed by atoms with Gasteiger partial charge in [-0.25, -0.2) is 13.2 Å². The zero-order valence-corrected chi connectivity index (χ0v) is 22.0. The fraction of sp³-hybridized carbons (Fsp3) is 0.290. The highest BCUT2D eigenvalue weighted by molar-refractivity contribution is 5.44. The van der Waals surface area contributed by atoms with Crippen LogP contribution in [0.4, 0.5) is 13.2 Å². The number of phenols is 2. The SMILES string of the molecule is C=C1CCc2cc(C)cc(F)c2O1.C=C1CCc2cc(O)cc(F)c2O1.CCCc1cc(C)cc(F)c1O. The minimum Gasteiger partial charge on any atom is -0.508 e. The fourth-order valence-corrected chi connectivity index (χ4v) is 4.24. The van der Waals surface area contributed by atoms with Gasteiger partial charge in [0.1, 0.15) is 5.75 Å². The normalized spacial score (nSPS) is 13.5. The molecule has 3 aromatic carbocycles. The average molecular weight is 527 g/mol. The Bertz CT molecular complexity index is 1270. The zero-order chi connectivity index (χ0) is 28.0. The number of phenolic OH excluding ortho intramolecular Hbond substituents is 2. The highest BCUT2D eigenvalue weighted by Crippen LogP contribution is 2.34. The minimum absolute atomic E-state index is 0.0626. The van der Waals surface area contributed by atoms with Gasteiger partial charge in [0.2, 0.25) is 0 Å². The molecule has 0 fully saturated rings. The first kappa shape index (κ1) is 28.7. The smallest absolute Gasteiger partial charge is 0.169 e. The van der Waals surface area contributed by atoms with E-state index in [1.807, 2.05) is 32.9 Å². The summed E-state index contributed by atoms with van der Waals surface area (Å²) in [6.07, 6.45) is 4.60. The van der Waals surface area contributed by atoms with Crippen LogP contribution in [0, 0.1) is 31.3 Å². The topological polar surface area (TPSA) is 58.9 Å². The maximum Gasteiger partial charge on any atom is 0.169 e. The maximum absolute atomic E-state index is 13.3. The van der Waals surface area contributed by atoms with Crippen molar-refractivity contribution in [2.45, 2.75) is 59.3 Å². The lowest BCUT2D eigenvalue weighted by Gasteiger charge is -2.19. The van der Waals surface area contributed by atoms with E-state index in [4.69, 9.17) is 14.6 Å². The molecule has 7 heteroatoms. The van der Waals surface area contributed by atoms with Gasteiger partial charge in [-0.05, 0) is 73.6 Å². The van der Waals surface area contributed by atoms with Crippen LogP contribution >= 0.6 is 0 Å². The van der Waals surface area contributed by atoms with Crippen molar-refractivity contribution in [3.05, 3.63) is 106 Å². The lowest BCUT2D eigenvalue weighted by atomic mass is 10.0. The molecule has 2 aliphatic heterocycles. The third-order valence-corrected chi connectivity index (χ3v) is 6.02. The molecule has 3 aromatic rings. The van der Waals surface area contributed by atoms with Crippen molar-refractivity contribution < 1.29 is 32.9 Å². The summed E-state index contributed by atoms with van der Waals surface area (Å²) < 4.78 is 49.8. The van der Waals surface area contributed by atoms with E-state index in [0.29, 0.717) is 41.2 Å². The Morgan fingerprint density at radius 3 is 1.79 bits per heavy atom. The van der Waals surface area contributed by atoms with Gasteiger partial charge in [0.25, 0.3) is 0 Å². The minimum atomic E-state index is -0.532. The van der Waals surface area contributed by atoms with Gasteiger partial charge in [0.15, 0.2) is 34.7 Å². The Labute approximate surface area is 221 Å². The van der Waals surface area contributed by atoms with E-state index in [1.165, 1.54) is 18.2 Å². The second kappa shape index (κ2) is 12.6. The quantitative estimate of drug-likeness (QED) is 0.354. The Morgan fingerprint density at radius 1 is 0.711 bits per heavy atom. The number of halogens is 3. The van der Waals surface area contributed by atoms with Crippen LogP contribution in [-0.4, -0.2) is 10.2 Å². The average Bonchev–Trinajstić information content (AvgIpc) is 2.84. The van der Waals surface area contributed by atoms with Crippen molar-refractivity contribution in [1.29, 1.82) is 0 Å². The summed E-state index contributed by atoms with van der Waals surface area (Å²) in [6.45, 7) is 13.0. The molecule has 2 N–H and O–H groups in total. The van der Waals surface area contributed by atoms with Gasteiger partial charge in [-0.15, -0.1) is 0 Å². The van der Waals surface area contributed by atoms with Gasteiger partial charge < -0.3 is 19.7 Å². The van der Waals surface area contributed by atoms with E-state index in [1.54, 1.807) is 0 Å². The van der Waals surface area contributed by atoms with E-state index in [2.05, 4.69) is 13.2 Å². The lowest BCUT2D eigenvalue weighted by Crippen LogP contribution is -2.07. The Balaban J connectivity index is 0.000000158. The molecule has 5 rings (SSSR count). The maximum atomic E-state index is 13.3. The molecule has 4 nitrogen and oxygen atoms in total. The second-order valence-corrected chi connectivity index (χ2v) is 9.44. The zero-order valence-electron chi connectivity index (χ0n) is 22.0. The number of hydrogen-bond acceptors (Lipinski definition) is 4. The fourth-order valence-electron chi connectivity index (χ4n) is 4.24. The van der Waals surface area contributed by atoms with Gasteiger partial charge in [0, 0.05) is 24.5 Å². The highest BCUT2D eigenvalue weighted by atomic mass is 19.1. The molecule has 38 heavy (non-hydrogen) atoms. The van der Waals surface area contributed by atoms with Gasteiger partial charge in [-0.1, -0.05) is 38.6 Å². The van der Waals surface area contributed by atoms with E-state index in [-0.39, 0.29) is 23.1 Å². The molecule has 0 radical (unpaired) electrons. The molecular weight excluding hydrogens is 493 g/mol. The second-order valence-electron chi connectivity index (χ2n) is 9.44. The summed E-state index contributed by atoms with van der Waals surface area (Å²) in [7, 11) is 0. The third kappa shape index (κ3) is 7.34. The summed E-state index contributed by atoms with van der Waals surface area (Å²) in [5, 5.41) is 18.4. The Kier molecular flexibility index (Phi) is 9.50. The molecule has 0 amide bonds. The van der Waals surface area contributed by atoms with Crippen molar-refractivity contribution >= 4 is 0 Å². The molecule has 0 aromatic heterocycles. The summed E-state index contributed by atoms with van der Waals surface area (Å²) in [5.41, 5.74) is 4.14. The predicted molar refractivity (Wildman–Crippen MR) is 142 cm³/mol. The van der Waals surface area contributed by atoms with E-state index < -0.39 is 11.6 Å². The van der Waals surface area contributed by atoms with Crippen molar-refractivity contribution in [2.75, 3.05) is 0 Å². The molecule has 0 atom stereocenters. The number of allylic oxidation sites excluding steroid dienone is 2. The summed E-state index contributed by atoms with van der Waals surface area (Å²) >= 11 is 0. The first-order chi connectivity index (χ1) is 18.0. The van der Waals surface area contributed by atoms with Crippen molar-refractivity contribution in [2.24, 2.45) is 0 Å². The first-order valence-corrected chi connectivity index (χ1v) is 12.5. The van der Waals surface area contributed by atoms with Crippen molar-refractivity contribution in [3.63, 3.8) is 0 Å². The van der Waals surface area contributed by atoms with Crippen LogP contribution in [0.3, 0.4) is 0 Å². The van der Waals surface area contributed by atoms with E-state index in [9.17, 15) is 18.3 Å². The van der Waals surface area contributed by atoms with Gasteiger partial charge in [0.05, 0.1) is 11.5 Å². The number of fused-ring (bicyclic) bond motifs is 2. The Morgan fingerprint density at radius 2 is 1.21 bits per heavy atom. The van der Waals surface area contributed by atoms with Crippen LogP contribution in [0.2, 0.25) is 0 Å². The van der Waals surface area contributed by atoms with Crippen molar-refractivity contribution in [1.82, 2.24) is 0 Å². The summed E-state index contributed by atoms with van der Waals surface area (Å²) in [6, 6.07) is 9.17. The largest absolute Gasteiger partial charge is 0.508 e.